The second kappa shape index (κ2) is 55.8. The molecule has 1 aliphatic carbocycles. The lowest BCUT2D eigenvalue weighted by molar-refractivity contribution is -0.265. The molecule has 2 amide bonds. The molecule has 2 bridgehead atoms. The molecule has 30 nitrogen and oxygen atoms in total. The molecule has 2 saturated heterocycles. The number of aromatic nitrogens is 1. The average Bonchev–Trinajstić information content (AvgIpc) is 1.73. The van der Waals surface area contributed by atoms with Crippen LogP contribution in [0.4, 0.5) is 10.2 Å². The highest BCUT2D eigenvalue weighted by Gasteiger charge is 2.53. The molecule has 129 heavy (non-hydrogen) atoms. The van der Waals surface area contributed by atoms with Crippen molar-refractivity contribution in [3.8, 4) is 16.9 Å². The van der Waals surface area contributed by atoms with Crippen molar-refractivity contribution in [1.82, 2.24) is 14.8 Å². The van der Waals surface area contributed by atoms with E-state index in [0.717, 1.165) is 34.8 Å². The molecule has 32 heteroatoms. The van der Waals surface area contributed by atoms with Crippen LogP contribution in [-0.4, -0.2) is 282 Å². The number of amides is 2. The molecule has 2 aromatic carbocycles. The van der Waals surface area contributed by atoms with E-state index in [-0.39, 0.29) is 137 Å². The highest BCUT2D eigenvalue weighted by molar-refractivity contribution is 7.91. The van der Waals surface area contributed by atoms with Crippen LogP contribution < -0.4 is 10.5 Å². The Morgan fingerprint density at radius 3 is 1.95 bits per heavy atom. The number of sulfone groups is 1. The van der Waals surface area contributed by atoms with E-state index in [9.17, 15) is 52.2 Å². The maximum atomic E-state index is 15.8. The Morgan fingerprint density at radius 2 is 1.32 bits per heavy atom. The summed E-state index contributed by atoms with van der Waals surface area (Å²) in [6.07, 6.45) is 15.6. The Morgan fingerprint density at radius 1 is 0.667 bits per heavy atom. The molecule has 3 fully saturated rings. The van der Waals surface area contributed by atoms with Crippen LogP contribution in [-0.2, 0) is 111 Å². The summed E-state index contributed by atoms with van der Waals surface area (Å²) in [6, 6.07) is 10.5. The predicted octanol–water partition coefficient (Wildman–Crippen LogP) is 11.8. The van der Waals surface area contributed by atoms with Crippen LogP contribution in [0.2, 0.25) is 0 Å². The minimum atomic E-state index is -4.13. The van der Waals surface area contributed by atoms with E-state index >= 15 is 4.39 Å². The summed E-state index contributed by atoms with van der Waals surface area (Å²) in [7, 11) is 0.493. The summed E-state index contributed by atoms with van der Waals surface area (Å²) < 4.78 is 129. The van der Waals surface area contributed by atoms with Gasteiger partial charge >= 0.3 is 11.9 Å². The number of carbonyl (C=O) groups excluding carboxylic acids is 7. The summed E-state index contributed by atoms with van der Waals surface area (Å²) >= 11 is 0. The number of nitrogen functional groups attached to an aromatic ring is 1. The Kier molecular flexibility index (Phi) is 46.1. The lowest BCUT2D eigenvalue weighted by Gasteiger charge is -2.42. The molecule has 5 heterocycles. The number of hydrogen-bond acceptors (Lipinski definition) is 28. The summed E-state index contributed by atoms with van der Waals surface area (Å²) in [5.74, 6) is -8.20. The zero-order valence-electron chi connectivity index (χ0n) is 77.6. The first-order chi connectivity index (χ1) is 62.0. The van der Waals surface area contributed by atoms with Crippen molar-refractivity contribution >= 4 is 56.8 Å². The van der Waals surface area contributed by atoms with Gasteiger partial charge in [0.05, 0.1) is 130 Å². The van der Waals surface area contributed by atoms with E-state index in [1.165, 1.54) is 25.0 Å². The number of aliphatic hydroxyl groups is 2. The number of allylic oxidation sites excluding steroid dienone is 6. The molecular formula is C97H143FN4O26S. The van der Waals surface area contributed by atoms with Crippen molar-refractivity contribution in [3.05, 3.63) is 119 Å². The van der Waals surface area contributed by atoms with Gasteiger partial charge in [0, 0.05) is 101 Å². The zero-order valence-corrected chi connectivity index (χ0v) is 78.5. The third-order valence-electron chi connectivity index (χ3n) is 24.8. The lowest BCUT2D eigenvalue weighted by Crippen LogP contribution is -2.61. The van der Waals surface area contributed by atoms with Gasteiger partial charge in [-0.15, -0.1) is 0 Å². The van der Waals surface area contributed by atoms with Crippen molar-refractivity contribution in [3.63, 3.8) is 0 Å². The number of ether oxygens (including phenoxy) is 15. The first-order valence-electron chi connectivity index (χ1n) is 46.0. The SMILES string of the molecule is CO[C@H]1C[C@@H]2CC[C@@H](C)[C@@](O)(O2)C(=O)C(=O)N2CCCC[C@H]2C(=O)O[C@H]([C@H](C)C[C@@H]2CC[C@@H](OC(=O)CCCOCCOCCOCCOCCOCCOCCOCCOCCC(=O)CCCS(=O)(=O)c3ccc(C(=O)N4CCOc5ccc(-c6ccc(N)nc6)cc5C4)c(C)c3F)[C@H](OC)C2)CC[C@H](C)/C=C(\C)[C@@H](O)[C@@H](OC)C(=O)[C@H](C)C[C@H](C)/C=C/C=C/C=C/1C. The highest BCUT2D eigenvalue weighted by atomic mass is 32.2. The first-order valence-corrected chi connectivity index (χ1v) is 47.7. The van der Waals surface area contributed by atoms with E-state index in [1.807, 2.05) is 95.3 Å². The Balaban J connectivity index is 0.639. The van der Waals surface area contributed by atoms with Crippen LogP contribution in [0.5, 0.6) is 5.75 Å². The maximum Gasteiger partial charge on any atom is 0.329 e. The van der Waals surface area contributed by atoms with E-state index < -0.39 is 110 Å². The number of carbonyl (C=O) groups is 7. The van der Waals surface area contributed by atoms with Gasteiger partial charge in [0.2, 0.25) is 5.79 Å². The van der Waals surface area contributed by atoms with Crippen LogP contribution in [0.15, 0.2) is 101 Å². The maximum absolute atomic E-state index is 15.8. The fourth-order valence-electron chi connectivity index (χ4n) is 17.1. The number of aliphatic hydroxyl groups excluding tert-OH is 1. The molecule has 0 unspecified atom stereocenters. The normalized spacial score (nSPS) is 26.8. The standard InChI is InChI=1S/C97H143FN4O26S/c1-65-19-13-12-14-20-67(3)84(114-9)62-78-29-25-71(7)97(111,128-78)93(107)95(109)102-37-16-15-22-80(102)96(110)127-81(31-24-66(2)58-70(6)91(106)92(116-11)90(105)69(5)57-65)68(4)59-73-26-32-83(85(60-73)115-10)126-88(104)23-17-39-117-42-44-119-46-48-121-50-52-123-54-55-124-53-51-122-49-47-120-45-43-118-40-36-77(103)21-18-56-129(112,113)86-34-30-79(72(8)89(86)98)94(108)101-38-41-125-82-33-27-74(61-76(82)64-101)75-28-35-87(99)100-63-75/h12-14,19-20,27-28,30,33-35,58,61,63,65-66,68-69,71,73,78,80-81,83-85,91-92,106,111H,15-18,21-26,29,31-32,36-57,59-60,62,64H2,1-11H3,(H2,99,100)/b14-12+,19-13+,67-20+,70-58+/t65-,66+,68-,69-,71-,73+,78+,80+,81+,83-,84+,85-,91-,92+,97-/m1/s1. The van der Waals surface area contributed by atoms with E-state index in [4.69, 9.17) is 76.8 Å². The third kappa shape index (κ3) is 34.1. The van der Waals surface area contributed by atoms with Crippen molar-refractivity contribution in [1.29, 1.82) is 0 Å². The number of esters is 2. The van der Waals surface area contributed by atoms with E-state index in [1.54, 1.807) is 45.2 Å². The number of cyclic esters (lactones) is 1. The molecule has 1 saturated carbocycles. The van der Waals surface area contributed by atoms with E-state index in [2.05, 4.69) is 4.98 Å². The number of ketones is 3. The number of benzene rings is 2. The first kappa shape index (κ1) is 107. The van der Waals surface area contributed by atoms with Crippen LogP contribution in [0.3, 0.4) is 0 Å². The average molecular weight is 1830 g/mol. The molecular weight excluding hydrogens is 1690 g/mol. The van der Waals surface area contributed by atoms with Crippen molar-refractivity contribution in [2.24, 2.45) is 35.5 Å². The highest BCUT2D eigenvalue weighted by Crippen LogP contribution is 2.40. The van der Waals surface area contributed by atoms with Gasteiger partial charge in [-0.3, -0.25) is 28.8 Å². The van der Waals surface area contributed by atoms with Crippen LogP contribution in [0, 0.1) is 48.2 Å². The smallest absolute Gasteiger partial charge is 0.329 e. The predicted molar refractivity (Wildman–Crippen MR) is 481 cm³/mol. The number of methoxy groups -OCH3 is 3. The molecule has 3 aromatic rings. The van der Waals surface area contributed by atoms with Crippen LogP contribution >= 0.6 is 0 Å². The number of Topliss-reactive ketones (excluding diaryl/α,β-unsaturated/α-hetero) is 3. The second-order valence-corrected chi connectivity index (χ2v) is 36.9. The second-order valence-electron chi connectivity index (χ2n) is 34.8. The number of pyridine rings is 1. The number of piperidine rings is 1. The number of nitrogens with zero attached hydrogens (tertiary/aromatic N) is 3. The summed E-state index contributed by atoms with van der Waals surface area (Å²) in [5, 5.41) is 23.8. The van der Waals surface area contributed by atoms with Crippen molar-refractivity contribution < 1.29 is 128 Å². The fourth-order valence-corrected chi connectivity index (χ4v) is 18.6. The van der Waals surface area contributed by atoms with Gasteiger partial charge in [-0.1, -0.05) is 77.1 Å². The minimum Gasteiger partial charge on any atom is -0.491 e. The van der Waals surface area contributed by atoms with Gasteiger partial charge in [-0.05, 0) is 193 Å². The Bertz CT molecular complexity index is 4260. The number of anilines is 1. The lowest BCUT2D eigenvalue weighted by atomic mass is 9.78. The monoisotopic (exact) mass is 1830 g/mol. The van der Waals surface area contributed by atoms with Gasteiger partial charge in [-0.25, -0.2) is 22.6 Å². The molecule has 0 spiro atoms. The van der Waals surface area contributed by atoms with Crippen LogP contribution in [0.25, 0.3) is 11.1 Å². The Hall–Kier alpha value is -7.64. The van der Waals surface area contributed by atoms with Gasteiger partial charge in [0.25, 0.3) is 17.6 Å². The number of nitrogens with two attached hydrogens (primary N) is 1. The summed E-state index contributed by atoms with van der Waals surface area (Å²) in [5.41, 5.74) is 9.59. The summed E-state index contributed by atoms with van der Waals surface area (Å²) in [6.45, 7) is 20.8. The summed E-state index contributed by atoms with van der Waals surface area (Å²) in [4.78, 5) is 104. The Labute approximate surface area is 761 Å². The fraction of sp³-hybridized carbons (Fsp3) is 0.670. The number of rotatable bonds is 42. The third-order valence-corrected chi connectivity index (χ3v) is 26.6. The zero-order chi connectivity index (χ0) is 93.4. The molecule has 1 aromatic heterocycles. The van der Waals surface area contributed by atoms with Gasteiger partial charge in [0.15, 0.2) is 15.6 Å². The molecule has 0 radical (unpaired) electrons. The molecule has 720 valence electrons. The number of halogens is 1. The van der Waals surface area contributed by atoms with E-state index in [0.29, 0.717) is 180 Å². The minimum absolute atomic E-state index is 0.00999. The number of hydrogen-bond donors (Lipinski definition) is 3. The van der Waals surface area contributed by atoms with Crippen molar-refractivity contribution in [2.75, 3.05) is 158 Å². The van der Waals surface area contributed by atoms with Gasteiger partial charge in [-0.2, -0.15) is 0 Å². The van der Waals surface area contributed by atoms with Crippen molar-refractivity contribution in [2.45, 2.75) is 237 Å². The molecule has 15 atom stereocenters. The topological polar surface area (TPSA) is 378 Å². The molecule has 4 aliphatic heterocycles. The molecule has 4 N–H and O–H groups in total. The van der Waals surface area contributed by atoms with Gasteiger partial charge < -0.3 is 96.8 Å². The van der Waals surface area contributed by atoms with Crippen LogP contribution in [0.1, 0.15) is 186 Å². The van der Waals surface area contributed by atoms with Gasteiger partial charge in [0.1, 0.15) is 65.1 Å². The molecule has 5 aliphatic rings. The molecule has 8 rings (SSSR count). The largest absolute Gasteiger partial charge is 0.491 e. The quantitative estimate of drug-likeness (QED) is 0.0205. The number of fused-ring (bicyclic) bond motifs is 4.